The number of alkyl halides is 3. The maximum Gasteiger partial charge on any atom is 0.416 e. The van der Waals surface area contributed by atoms with Gasteiger partial charge in [-0.1, -0.05) is 46.8 Å². The Hall–Kier alpha value is -3.67. The standard InChI is InChI=1S/C25H29F3N6O3/c1-33-9-5-8-18(14-33)15-34-16-21(37-32-34)24(31-22(35)10-17-6-3-2-4-7-17)12-19(25(26,27)28)11-20(13-24)30-23(29)36/h2-4,6-7,11-12,16,18H,5,8-10,13-15H2,1H3,(H3-,29,30,31,35,36). The summed E-state index contributed by atoms with van der Waals surface area (Å²) in [6.07, 6.45) is 0.0296. The van der Waals surface area contributed by atoms with Crippen LogP contribution >= 0.6 is 0 Å². The number of nitrogens with one attached hydrogen (secondary N) is 3. The van der Waals surface area contributed by atoms with Crippen LogP contribution in [0.4, 0.5) is 18.0 Å². The molecule has 198 valence electrons. The number of benzene rings is 1. The highest BCUT2D eigenvalue weighted by Gasteiger charge is 2.45. The lowest BCUT2D eigenvalue weighted by Gasteiger charge is -2.35. The van der Waals surface area contributed by atoms with Crippen LogP contribution in [0.1, 0.15) is 30.6 Å². The van der Waals surface area contributed by atoms with E-state index < -0.39 is 29.2 Å². The van der Waals surface area contributed by atoms with Crippen molar-refractivity contribution in [3.8, 4) is 0 Å². The molecule has 0 saturated carbocycles. The predicted octanol–water partition coefficient (Wildman–Crippen LogP) is 3.40. The molecule has 1 aromatic carbocycles. The first-order valence-electron chi connectivity index (χ1n) is 12.0. The second-order valence-electron chi connectivity index (χ2n) is 9.64. The number of carbonyl (C=O) groups is 2. The van der Waals surface area contributed by atoms with Crippen LogP contribution < -0.4 is 15.3 Å². The summed E-state index contributed by atoms with van der Waals surface area (Å²) in [6, 6.07) is 7.51. The van der Waals surface area contributed by atoms with E-state index in [1.807, 2.05) is 7.05 Å². The summed E-state index contributed by atoms with van der Waals surface area (Å²) >= 11 is 0. The molecule has 1 fully saturated rings. The molecular formula is C25H29F3N6O3. The maximum absolute atomic E-state index is 13.9. The van der Waals surface area contributed by atoms with E-state index in [4.69, 9.17) is 10.3 Å². The van der Waals surface area contributed by atoms with Gasteiger partial charge in [0.2, 0.25) is 17.9 Å². The Morgan fingerprint density at radius 3 is 2.73 bits per heavy atom. The lowest BCUT2D eigenvalue weighted by molar-refractivity contribution is -0.767. The smallest absolute Gasteiger partial charge is 0.416 e. The predicted molar refractivity (Wildman–Crippen MR) is 127 cm³/mol. The van der Waals surface area contributed by atoms with Gasteiger partial charge in [-0.2, -0.15) is 13.2 Å². The fourth-order valence-electron chi connectivity index (χ4n) is 4.91. The maximum atomic E-state index is 13.9. The van der Waals surface area contributed by atoms with Crippen molar-refractivity contribution in [1.29, 1.82) is 0 Å². The molecule has 2 heterocycles. The van der Waals surface area contributed by atoms with Crippen LogP contribution in [0.2, 0.25) is 0 Å². The van der Waals surface area contributed by atoms with Gasteiger partial charge in [-0.05, 0) is 38.1 Å². The molecule has 1 aromatic heterocycles. The minimum absolute atomic E-state index is 0.00958. The van der Waals surface area contributed by atoms with Crippen LogP contribution in [0.15, 0.2) is 64.5 Å². The molecular weight excluding hydrogens is 489 g/mol. The molecule has 2 aromatic rings. The third-order valence-corrected chi connectivity index (χ3v) is 6.49. The Balaban J connectivity index is 1.68. The van der Waals surface area contributed by atoms with Crippen LogP contribution in [0, 0.1) is 5.92 Å². The molecule has 2 aliphatic rings. The first kappa shape index (κ1) is 26.4. The van der Waals surface area contributed by atoms with Crippen molar-refractivity contribution in [2.45, 2.75) is 43.9 Å². The monoisotopic (exact) mass is 518 g/mol. The van der Waals surface area contributed by atoms with Crippen molar-refractivity contribution in [2.24, 2.45) is 5.92 Å². The van der Waals surface area contributed by atoms with E-state index in [2.05, 4.69) is 20.8 Å². The van der Waals surface area contributed by atoms with Gasteiger partial charge in [0.05, 0.1) is 12.0 Å². The number of allylic oxidation sites excluding steroid dienone is 2. The van der Waals surface area contributed by atoms with Gasteiger partial charge in [0, 0.05) is 18.9 Å². The van der Waals surface area contributed by atoms with E-state index in [1.165, 1.54) is 10.9 Å². The van der Waals surface area contributed by atoms with E-state index in [1.54, 1.807) is 30.3 Å². The van der Waals surface area contributed by atoms with Crippen LogP contribution in [-0.4, -0.2) is 48.4 Å². The Bertz CT molecular complexity index is 1190. The minimum atomic E-state index is -4.78. The number of rotatable bonds is 7. The van der Waals surface area contributed by atoms with E-state index in [-0.39, 0.29) is 30.2 Å². The molecule has 1 aliphatic carbocycles. The number of nitrogens with zero attached hydrogens (tertiary/aromatic N) is 3. The second kappa shape index (κ2) is 10.8. The third kappa shape index (κ3) is 6.76. The van der Waals surface area contributed by atoms with Gasteiger partial charge < -0.3 is 25.8 Å². The van der Waals surface area contributed by atoms with Gasteiger partial charge in [0.15, 0.2) is 17.8 Å². The molecule has 4 rings (SSSR count). The molecule has 3 N–H and O–H groups in total. The lowest BCUT2D eigenvalue weighted by atomic mass is 9.83. The van der Waals surface area contributed by atoms with E-state index in [9.17, 15) is 22.8 Å². The largest absolute Gasteiger partial charge is 0.447 e. The van der Waals surface area contributed by atoms with Crippen molar-refractivity contribution >= 4 is 11.9 Å². The molecule has 9 nitrogen and oxygen atoms in total. The molecule has 0 bridgehead atoms. The molecule has 2 atom stereocenters. The molecule has 37 heavy (non-hydrogen) atoms. The van der Waals surface area contributed by atoms with Crippen molar-refractivity contribution in [1.82, 2.24) is 20.8 Å². The number of aromatic nitrogens is 2. The topological polar surface area (TPSA) is 115 Å². The first-order valence-corrected chi connectivity index (χ1v) is 12.0. The zero-order chi connectivity index (χ0) is 26.6. The molecule has 2 unspecified atom stereocenters. The Morgan fingerprint density at radius 1 is 1.30 bits per heavy atom. The van der Waals surface area contributed by atoms with Gasteiger partial charge in [-0.3, -0.25) is 9.59 Å². The average molecular weight is 519 g/mol. The van der Waals surface area contributed by atoms with Gasteiger partial charge in [-0.25, -0.2) is 0 Å². The van der Waals surface area contributed by atoms with Crippen molar-refractivity contribution in [2.75, 3.05) is 20.1 Å². The lowest BCUT2D eigenvalue weighted by Crippen LogP contribution is -2.49. The summed E-state index contributed by atoms with van der Waals surface area (Å²) in [5, 5.41) is 8.87. The third-order valence-electron chi connectivity index (χ3n) is 6.49. The van der Waals surface area contributed by atoms with Gasteiger partial charge >= 0.3 is 6.18 Å². The summed E-state index contributed by atoms with van der Waals surface area (Å²) in [5.74, 6) is -0.264. The first-order chi connectivity index (χ1) is 17.5. The zero-order valence-electron chi connectivity index (χ0n) is 20.3. The molecule has 0 radical (unpaired) electrons. The normalized spacial score (nSPS) is 22.6. The number of likely N-dealkylation sites (tertiary alicyclic amines) is 1. The van der Waals surface area contributed by atoms with E-state index >= 15 is 0 Å². The van der Waals surface area contributed by atoms with Crippen molar-refractivity contribution in [3.63, 3.8) is 0 Å². The minimum Gasteiger partial charge on any atom is -0.447 e. The number of piperidine rings is 1. The van der Waals surface area contributed by atoms with Gasteiger partial charge in [0.25, 0.3) is 0 Å². The van der Waals surface area contributed by atoms with E-state index in [0.29, 0.717) is 12.1 Å². The highest BCUT2D eigenvalue weighted by atomic mass is 19.4. The molecule has 3 amide bonds. The Labute approximate surface area is 212 Å². The molecule has 0 spiro atoms. The van der Waals surface area contributed by atoms with Crippen LogP contribution in [0.5, 0.6) is 0 Å². The number of carbonyl (C=O) groups excluding carboxylic acids is 2. The van der Waals surface area contributed by atoms with E-state index in [0.717, 1.165) is 38.1 Å². The van der Waals surface area contributed by atoms with Gasteiger partial charge in [-0.15, -0.1) is 0 Å². The summed E-state index contributed by atoms with van der Waals surface area (Å²) in [5.41, 5.74) is 4.83. The molecule has 12 heteroatoms. The average Bonchev–Trinajstić information content (AvgIpc) is 3.28. The fourth-order valence-corrected chi connectivity index (χ4v) is 4.91. The van der Waals surface area contributed by atoms with Crippen LogP contribution in [0.3, 0.4) is 0 Å². The zero-order valence-corrected chi connectivity index (χ0v) is 20.3. The Kier molecular flexibility index (Phi) is 7.67. The number of hydrogen-bond acceptors (Lipinski definition) is 5. The summed E-state index contributed by atoms with van der Waals surface area (Å²) in [6.45, 7) is 2.36. The quantitative estimate of drug-likeness (QED) is 0.546. The second-order valence-corrected chi connectivity index (χ2v) is 9.64. The van der Waals surface area contributed by atoms with Crippen LogP contribution in [0.25, 0.3) is 5.73 Å². The molecule has 1 aliphatic heterocycles. The van der Waals surface area contributed by atoms with Gasteiger partial charge in [0.1, 0.15) is 5.54 Å². The van der Waals surface area contributed by atoms with Crippen molar-refractivity contribution < 1.29 is 32.0 Å². The molecule has 1 saturated heterocycles. The number of halogens is 3. The fraction of sp³-hybridized carbons (Fsp3) is 0.440. The number of amides is 3. The highest BCUT2D eigenvalue weighted by Crippen LogP contribution is 2.40. The van der Waals surface area contributed by atoms with Crippen LogP contribution in [-0.2, 0) is 23.3 Å². The summed E-state index contributed by atoms with van der Waals surface area (Å²) in [4.78, 5) is 26.7. The summed E-state index contributed by atoms with van der Waals surface area (Å²) in [7, 11) is 2.03. The summed E-state index contributed by atoms with van der Waals surface area (Å²) < 4.78 is 48.8. The number of urea groups is 1. The SMILES string of the molecule is CN1CCCC(C[n+]2cc(C3(NC(=O)Cc4ccccc4)C=C(C(F)(F)F)C=C(NC([NH-])=O)C3)on2)C1. The van der Waals surface area contributed by atoms with Crippen molar-refractivity contribution in [3.05, 3.63) is 77.0 Å². The number of hydrogen-bond donors (Lipinski definition) is 2. The highest BCUT2D eigenvalue weighted by molar-refractivity contribution is 5.84. The Morgan fingerprint density at radius 2 is 2.05 bits per heavy atom.